The highest BCUT2D eigenvalue weighted by molar-refractivity contribution is 5.71. The molecule has 120 valence electrons. The minimum absolute atomic E-state index is 0.243. The van der Waals surface area contributed by atoms with Crippen molar-refractivity contribution in [1.82, 2.24) is 9.97 Å². The van der Waals surface area contributed by atoms with E-state index in [9.17, 15) is 4.79 Å². The number of anilines is 1. The van der Waals surface area contributed by atoms with Crippen molar-refractivity contribution < 1.29 is 14.6 Å². The summed E-state index contributed by atoms with van der Waals surface area (Å²) in [6.07, 6.45) is 4.80. The van der Waals surface area contributed by atoms with E-state index in [1.807, 2.05) is 6.07 Å². The Hall–Kier alpha value is -1.69. The van der Waals surface area contributed by atoms with E-state index in [-0.39, 0.29) is 17.6 Å². The van der Waals surface area contributed by atoms with Crippen molar-refractivity contribution >= 4 is 11.8 Å². The van der Waals surface area contributed by atoms with Gasteiger partial charge in [0.2, 0.25) is 0 Å². The van der Waals surface area contributed by atoms with Crippen molar-refractivity contribution in [3.8, 4) is 0 Å². The predicted molar refractivity (Wildman–Crippen MR) is 81.8 cm³/mol. The molecule has 0 amide bonds. The maximum atomic E-state index is 11.0. The quantitative estimate of drug-likeness (QED) is 0.888. The number of nitrogens with zero attached hydrogens (tertiary/aromatic N) is 2. The lowest BCUT2D eigenvalue weighted by Gasteiger charge is -2.50. The molecule has 6 heteroatoms. The van der Waals surface area contributed by atoms with Crippen LogP contribution in [-0.2, 0) is 9.53 Å². The molecule has 1 aliphatic carbocycles. The second kappa shape index (κ2) is 5.83. The Morgan fingerprint density at radius 2 is 2.23 bits per heavy atom. The van der Waals surface area contributed by atoms with Crippen LogP contribution in [0.4, 0.5) is 5.82 Å². The van der Waals surface area contributed by atoms with Gasteiger partial charge in [-0.3, -0.25) is 4.79 Å². The fourth-order valence-corrected chi connectivity index (χ4v) is 3.39. The van der Waals surface area contributed by atoms with Gasteiger partial charge >= 0.3 is 5.97 Å². The lowest BCUT2D eigenvalue weighted by molar-refractivity contribution is -0.179. The van der Waals surface area contributed by atoms with Crippen molar-refractivity contribution in [2.24, 2.45) is 5.92 Å². The highest BCUT2D eigenvalue weighted by Gasteiger charge is 2.51. The molecule has 0 bridgehead atoms. The number of hydrogen-bond donors (Lipinski definition) is 2. The first kappa shape index (κ1) is 15.2. The zero-order valence-corrected chi connectivity index (χ0v) is 13.1. The van der Waals surface area contributed by atoms with Gasteiger partial charge in [-0.1, -0.05) is 13.8 Å². The third-order valence-corrected chi connectivity index (χ3v) is 4.62. The minimum atomic E-state index is -0.707. The third kappa shape index (κ3) is 3.06. The molecular weight excluding hydrogens is 282 g/mol. The molecule has 1 aromatic heterocycles. The van der Waals surface area contributed by atoms with Crippen LogP contribution < -0.4 is 5.32 Å². The Kier molecular flexibility index (Phi) is 4.04. The number of nitrogens with one attached hydrogen (secondary N) is 1. The molecule has 1 atom stereocenters. The fraction of sp³-hybridized carbons (Fsp3) is 0.688. The summed E-state index contributed by atoms with van der Waals surface area (Å²) < 4.78 is 5.88. The highest BCUT2D eigenvalue weighted by atomic mass is 16.5. The third-order valence-electron chi connectivity index (χ3n) is 4.62. The largest absolute Gasteiger partial charge is 0.481 e. The van der Waals surface area contributed by atoms with Gasteiger partial charge in [-0.15, -0.1) is 0 Å². The number of carboxylic acids is 1. The first-order valence-electron chi connectivity index (χ1n) is 7.94. The minimum Gasteiger partial charge on any atom is -0.481 e. The molecular formula is C16H23N3O3. The Morgan fingerprint density at radius 3 is 2.91 bits per heavy atom. The Labute approximate surface area is 130 Å². The van der Waals surface area contributed by atoms with Crippen LogP contribution in [0.5, 0.6) is 0 Å². The summed E-state index contributed by atoms with van der Waals surface area (Å²) in [4.78, 5) is 19.8. The predicted octanol–water partition coefficient (Wildman–Crippen LogP) is 2.42. The van der Waals surface area contributed by atoms with Crippen LogP contribution in [0, 0.1) is 5.92 Å². The van der Waals surface area contributed by atoms with E-state index < -0.39 is 5.97 Å². The van der Waals surface area contributed by atoms with Crippen LogP contribution in [0.2, 0.25) is 0 Å². The molecule has 2 heterocycles. The van der Waals surface area contributed by atoms with Gasteiger partial charge in [0, 0.05) is 24.8 Å². The van der Waals surface area contributed by atoms with Crippen LogP contribution >= 0.6 is 0 Å². The van der Waals surface area contributed by atoms with Gasteiger partial charge < -0.3 is 15.2 Å². The number of aliphatic carboxylic acids is 1. The maximum absolute atomic E-state index is 11.0. The van der Waals surface area contributed by atoms with E-state index in [4.69, 9.17) is 9.84 Å². The molecule has 6 nitrogen and oxygen atoms in total. The molecule has 2 fully saturated rings. The zero-order valence-electron chi connectivity index (χ0n) is 13.1. The fourth-order valence-electron chi connectivity index (χ4n) is 3.39. The van der Waals surface area contributed by atoms with E-state index in [1.165, 1.54) is 0 Å². The summed E-state index contributed by atoms with van der Waals surface area (Å²) in [5.41, 5.74) is -0.243. The molecule has 1 saturated carbocycles. The molecule has 1 spiro atoms. The molecule has 2 N–H and O–H groups in total. The maximum Gasteiger partial charge on any atom is 0.306 e. The molecule has 1 saturated heterocycles. The van der Waals surface area contributed by atoms with Crippen molar-refractivity contribution in [1.29, 1.82) is 0 Å². The summed E-state index contributed by atoms with van der Waals surface area (Å²) in [7, 11) is 0. The normalized spacial score (nSPS) is 31.0. The zero-order chi connectivity index (χ0) is 15.7. The number of carbonyl (C=O) groups is 1. The Balaban J connectivity index is 1.62. The molecule has 22 heavy (non-hydrogen) atoms. The summed E-state index contributed by atoms with van der Waals surface area (Å²) in [6.45, 7) is 4.82. The SMILES string of the molecule is CC(C)c1nccc(NC2CCOC3(C2)CC(C(=O)O)C3)n1. The Morgan fingerprint density at radius 1 is 1.45 bits per heavy atom. The first-order chi connectivity index (χ1) is 10.5. The van der Waals surface area contributed by atoms with Gasteiger partial charge in [0.05, 0.1) is 11.5 Å². The average molecular weight is 305 g/mol. The lowest BCUT2D eigenvalue weighted by Crippen LogP contribution is -2.54. The number of hydrogen-bond acceptors (Lipinski definition) is 5. The van der Waals surface area contributed by atoms with Gasteiger partial charge in [0.25, 0.3) is 0 Å². The van der Waals surface area contributed by atoms with E-state index in [0.29, 0.717) is 25.4 Å². The van der Waals surface area contributed by atoms with Gasteiger partial charge in [-0.2, -0.15) is 0 Å². The molecule has 0 radical (unpaired) electrons. The lowest BCUT2D eigenvalue weighted by atomic mass is 9.66. The van der Waals surface area contributed by atoms with E-state index >= 15 is 0 Å². The molecule has 0 aromatic carbocycles. The second-order valence-electron chi connectivity index (χ2n) is 6.76. The average Bonchev–Trinajstić information content (AvgIpc) is 2.45. The molecule has 1 aromatic rings. The van der Waals surface area contributed by atoms with Crippen molar-refractivity contribution in [2.75, 3.05) is 11.9 Å². The number of rotatable bonds is 4. The van der Waals surface area contributed by atoms with Crippen LogP contribution in [0.1, 0.15) is 51.3 Å². The van der Waals surface area contributed by atoms with E-state index in [2.05, 4.69) is 29.1 Å². The van der Waals surface area contributed by atoms with Gasteiger partial charge in [-0.25, -0.2) is 9.97 Å². The summed E-state index contributed by atoms with van der Waals surface area (Å²) in [5, 5.41) is 12.5. The number of carboxylic acid groups (broad SMARTS) is 1. The summed E-state index contributed by atoms with van der Waals surface area (Å²) in [6, 6.07) is 2.16. The highest BCUT2D eigenvalue weighted by Crippen LogP contribution is 2.46. The summed E-state index contributed by atoms with van der Waals surface area (Å²) >= 11 is 0. The molecule has 1 aliphatic heterocycles. The topological polar surface area (TPSA) is 84.3 Å². The summed E-state index contributed by atoms with van der Waals surface area (Å²) in [5.74, 6) is 1.02. The van der Waals surface area contributed by atoms with E-state index in [1.54, 1.807) is 6.20 Å². The van der Waals surface area contributed by atoms with Gasteiger partial charge in [0.15, 0.2) is 0 Å². The van der Waals surface area contributed by atoms with Crippen molar-refractivity contribution in [3.05, 3.63) is 18.1 Å². The number of ether oxygens (including phenoxy) is 1. The van der Waals surface area contributed by atoms with Crippen LogP contribution in [0.3, 0.4) is 0 Å². The standard InChI is InChI=1S/C16H23N3O3/c1-10(2)14-17-5-3-13(19-14)18-12-4-6-22-16(9-12)7-11(8-16)15(20)21/h3,5,10-12H,4,6-9H2,1-2H3,(H,20,21)(H,17,18,19). The van der Waals surface area contributed by atoms with Gasteiger partial charge in [-0.05, 0) is 31.7 Å². The van der Waals surface area contributed by atoms with Crippen molar-refractivity contribution in [2.45, 2.75) is 57.1 Å². The second-order valence-corrected chi connectivity index (χ2v) is 6.76. The van der Waals surface area contributed by atoms with E-state index in [0.717, 1.165) is 24.5 Å². The van der Waals surface area contributed by atoms with Crippen LogP contribution in [0.15, 0.2) is 12.3 Å². The smallest absolute Gasteiger partial charge is 0.306 e. The monoisotopic (exact) mass is 305 g/mol. The molecule has 2 aliphatic rings. The number of aromatic nitrogens is 2. The van der Waals surface area contributed by atoms with Crippen LogP contribution in [0.25, 0.3) is 0 Å². The first-order valence-corrected chi connectivity index (χ1v) is 7.94. The van der Waals surface area contributed by atoms with Gasteiger partial charge in [0.1, 0.15) is 11.6 Å². The Bertz CT molecular complexity index is 555. The molecule has 1 unspecified atom stereocenters. The molecule has 3 rings (SSSR count). The van der Waals surface area contributed by atoms with Crippen LogP contribution in [-0.4, -0.2) is 39.3 Å². The van der Waals surface area contributed by atoms with Crippen molar-refractivity contribution in [3.63, 3.8) is 0 Å².